The largest absolute Gasteiger partial charge is 0.508 e. The molecule has 0 amide bonds. The number of carbonyl (C=O) groups excluding carboxylic acids is 1. The van der Waals surface area contributed by atoms with Crippen molar-refractivity contribution >= 4 is 5.78 Å². The van der Waals surface area contributed by atoms with Crippen LogP contribution in [0.25, 0.3) is 0 Å². The summed E-state index contributed by atoms with van der Waals surface area (Å²) in [6.45, 7) is 1.82. The third kappa shape index (κ3) is 3.04. The van der Waals surface area contributed by atoms with Gasteiger partial charge in [0.1, 0.15) is 17.2 Å². The Morgan fingerprint density at radius 2 is 1.63 bits per heavy atom. The topological polar surface area (TPSA) is 77.8 Å². The van der Waals surface area contributed by atoms with E-state index >= 15 is 0 Å². The normalized spacial score (nSPS) is 10.4. The van der Waals surface area contributed by atoms with E-state index in [0.29, 0.717) is 5.56 Å². The summed E-state index contributed by atoms with van der Waals surface area (Å²) >= 11 is 0. The average Bonchev–Trinajstić information content (AvgIpc) is 2.26. The quantitative estimate of drug-likeness (QED) is 0.739. The second kappa shape index (κ2) is 5.02. The van der Waals surface area contributed by atoms with Crippen molar-refractivity contribution in [3.05, 3.63) is 53.1 Å². The zero-order valence-corrected chi connectivity index (χ0v) is 10.4. The molecule has 0 aliphatic heterocycles. The summed E-state index contributed by atoms with van der Waals surface area (Å²) in [7, 11) is 0. The number of aryl methyl sites for hydroxylation is 1. The molecule has 0 radical (unpaired) electrons. The average molecular weight is 258 g/mol. The summed E-state index contributed by atoms with van der Waals surface area (Å²) in [6.07, 6.45) is -0.00141. The van der Waals surface area contributed by atoms with Crippen LogP contribution in [-0.2, 0) is 6.42 Å². The molecular weight excluding hydrogens is 244 g/mol. The van der Waals surface area contributed by atoms with E-state index in [-0.39, 0.29) is 35.0 Å². The Kier molecular flexibility index (Phi) is 3.42. The van der Waals surface area contributed by atoms with Crippen molar-refractivity contribution in [3.8, 4) is 17.2 Å². The van der Waals surface area contributed by atoms with Crippen LogP contribution in [0.3, 0.4) is 0 Å². The van der Waals surface area contributed by atoms with Gasteiger partial charge >= 0.3 is 0 Å². The second-order valence-electron chi connectivity index (χ2n) is 4.48. The molecule has 4 nitrogen and oxygen atoms in total. The lowest BCUT2D eigenvalue weighted by atomic mass is 10.0. The van der Waals surface area contributed by atoms with E-state index in [1.165, 1.54) is 24.3 Å². The zero-order valence-electron chi connectivity index (χ0n) is 10.4. The van der Waals surface area contributed by atoms with E-state index in [0.717, 1.165) is 5.56 Å². The van der Waals surface area contributed by atoms with E-state index in [9.17, 15) is 20.1 Å². The van der Waals surface area contributed by atoms with Crippen molar-refractivity contribution in [2.45, 2.75) is 13.3 Å². The number of phenols is 3. The molecule has 0 saturated heterocycles. The van der Waals surface area contributed by atoms with Crippen molar-refractivity contribution < 1.29 is 20.1 Å². The van der Waals surface area contributed by atoms with Crippen LogP contribution in [0.5, 0.6) is 17.2 Å². The van der Waals surface area contributed by atoms with E-state index in [2.05, 4.69) is 0 Å². The van der Waals surface area contributed by atoms with Gasteiger partial charge in [0.15, 0.2) is 5.78 Å². The molecule has 0 aliphatic rings. The van der Waals surface area contributed by atoms with Gasteiger partial charge < -0.3 is 15.3 Å². The van der Waals surface area contributed by atoms with Gasteiger partial charge in [-0.1, -0.05) is 6.07 Å². The molecule has 0 bridgehead atoms. The van der Waals surface area contributed by atoms with Crippen LogP contribution < -0.4 is 0 Å². The minimum atomic E-state index is -0.275. The number of carbonyl (C=O) groups is 1. The first-order chi connectivity index (χ1) is 8.95. The lowest BCUT2D eigenvalue weighted by Gasteiger charge is -2.06. The van der Waals surface area contributed by atoms with Crippen LogP contribution in [0.1, 0.15) is 21.5 Å². The molecule has 2 aromatic rings. The Morgan fingerprint density at radius 3 is 2.21 bits per heavy atom. The minimum Gasteiger partial charge on any atom is -0.508 e. The molecule has 98 valence electrons. The highest BCUT2D eigenvalue weighted by molar-refractivity contribution is 6.00. The maximum Gasteiger partial charge on any atom is 0.170 e. The molecule has 0 aromatic heterocycles. The predicted molar refractivity (Wildman–Crippen MR) is 70.6 cm³/mol. The molecule has 0 saturated carbocycles. The van der Waals surface area contributed by atoms with Crippen LogP contribution in [0.2, 0.25) is 0 Å². The number of Topliss-reactive ketones (excluding diaryl/α,β-unsaturated/α-hetero) is 1. The highest BCUT2D eigenvalue weighted by Gasteiger charge is 2.12. The molecule has 0 fully saturated rings. The van der Waals surface area contributed by atoms with Gasteiger partial charge in [0.25, 0.3) is 0 Å². The molecule has 3 N–H and O–H groups in total. The van der Waals surface area contributed by atoms with Crippen molar-refractivity contribution in [1.29, 1.82) is 0 Å². The molecule has 2 aromatic carbocycles. The lowest BCUT2D eigenvalue weighted by Crippen LogP contribution is -2.04. The third-order valence-electron chi connectivity index (χ3n) is 2.78. The smallest absolute Gasteiger partial charge is 0.170 e. The van der Waals surface area contributed by atoms with Gasteiger partial charge in [-0.3, -0.25) is 4.79 Å². The zero-order chi connectivity index (χ0) is 14.0. The molecule has 4 heteroatoms. The highest BCUT2D eigenvalue weighted by atomic mass is 16.3. The number of benzene rings is 2. The first-order valence-corrected chi connectivity index (χ1v) is 5.80. The van der Waals surface area contributed by atoms with Crippen molar-refractivity contribution in [3.63, 3.8) is 0 Å². The predicted octanol–water partition coefficient (Wildman–Crippen LogP) is 2.54. The van der Waals surface area contributed by atoms with Gasteiger partial charge in [0, 0.05) is 12.5 Å². The fraction of sp³-hybridized carbons (Fsp3) is 0.133. The van der Waals surface area contributed by atoms with Crippen molar-refractivity contribution in [1.82, 2.24) is 0 Å². The summed E-state index contributed by atoms with van der Waals surface area (Å²) in [5.74, 6) is -0.538. The number of phenolic OH excluding ortho intramolecular Hbond substituents is 3. The molecular formula is C15H14O4. The van der Waals surface area contributed by atoms with E-state index < -0.39 is 0 Å². The maximum absolute atomic E-state index is 12.0. The lowest BCUT2D eigenvalue weighted by molar-refractivity contribution is 0.0990. The summed E-state index contributed by atoms with van der Waals surface area (Å²) in [5.41, 5.74) is 1.58. The summed E-state index contributed by atoms with van der Waals surface area (Å²) < 4.78 is 0. The Hall–Kier alpha value is -2.49. The summed E-state index contributed by atoms with van der Waals surface area (Å²) in [4.78, 5) is 12.0. The Balaban J connectivity index is 2.25. The summed E-state index contributed by atoms with van der Waals surface area (Å²) in [6, 6.07) is 8.83. The first kappa shape index (κ1) is 13.0. The van der Waals surface area contributed by atoms with Gasteiger partial charge in [-0.05, 0) is 42.3 Å². The molecule has 0 aliphatic carbocycles. The maximum atomic E-state index is 12.0. The van der Waals surface area contributed by atoms with Gasteiger partial charge in [-0.25, -0.2) is 0 Å². The number of rotatable bonds is 3. The van der Waals surface area contributed by atoms with Gasteiger partial charge in [0.05, 0.1) is 5.56 Å². The van der Waals surface area contributed by atoms with E-state index in [1.807, 2.05) is 6.92 Å². The first-order valence-electron chi connectivity index (χ1n) is 5.80. The number of ketones is 1. The molecule has 19 heavy (non-hydrogen) atoms. The molecule has 0 unspecified atom stereocenters. The van der Waals surface area contributed by atoms with Crippen LogP contribution in [0.4, 0.5) is 0 Å². The standard InChI is InChI=1S/C15H14O4/c1-9-2-3-13(14(18)4-9)15(19)7-10-5-11(16)8-12(17)6-10/h2-6,8,16-18H,7H2,1H3. The van der Waals surface area contributed by atoms with Crippen molar-refractivity contribution in [2.75, 3.05) is 0 Å². The van der Waals surface area contributed by atoms with Gasteiger partial charge in [0.2, 0.25) is 0 Å². The van der Waals surface area contributed by atoms with Crippen LogP contribution in [0, 0.1) is 6.92 Å². The van der Waals surface area contributed by atoms with Gasteiger partial charge in [-0.2, -0.15) is 0 Å². The highest BCUT2D eigenvalue weighted by Crippen LogP contribution is 2.24. The molecule has 0 heterocycles. The fourth-order valence-electron chi connectivity index (χ4n) is 1.92. The SMILES string of the molecule is Cc1ccc(C(=O)Cc2cc(O)cc(O)c2)c(O)c1. The monoisotopic (exact) mass is 258 g/mol. The van der Waals surface area contributed by atoms with Crippen LogP contribution in [-0.4, -0.2) is 21.1 Å². The van der Waals surface area contributed by atoms with Crippen molar-refractivity contribution in [2.24, 2.45) is 0 Å². The van der Waals surface area contributed by atoms with Gasteiger partial charge in [-0.15, -0.1) is 0 Å². The number of hydrogen-bond donors (Lipinski definition) is 3. The Bertz CT molecular complexity index is 612. The fourth-order valence-corrected chi connectivity index (χ4v) is 1.92. The Morgan fingerprint density at radius 1 is 1.00 bits per heavy atom. The van der Waals surface area contributed by atoms with E-state index in [4.69, 9.17) is 0 Å². The molecule has 2 rings (SSSR count). The van der Waals surface area contributed by atoms with Crippen LogP contribution >= 0.6 is 0 Å². The Labute approximate surface area is 110 Å². The van der Waals surface area contributed by atoms with E-state index in [1.54, 1.807) is 12.1 Å². The number of hydrogen-bond acceptors (Lipinski definition) is 4. The molecule has 0 spiro atoms. The third-order valence-corrected chi connectivity index (χ3v) is 2.78. The minimum absolute atomic E-state index is 0.00141. The second-order valence-corrected chi connectivity index (χ2v) is 4.48. The van der Waals surface area contributed by atoms with Crippen LogP contribution in [0.15, 0.2) is 36.4 Å². The molecule has 0 atom stereocenters. The number of aromatic hydroxyl groups is 3. The summed E-state index contributed by atoms with van der Waals surface area (Å²) in [5, 5.41) is 28.4.